The standard InChI is InChI=1S/C51H46N3O.Pt/c1-33-20-25-45(43(28-33)35-14-9-8-10-15-35)54-46-18-13-17-41(48(46)53-49(54)42-16-11-12-19-47(42)55)37-29-38(31-40(30-37)51(5,6)7)44-32-36(26-27-52-44)34-21-23-39(24-22-34)50(2,3)4;/h8-28,30-32,55H,1-7H3;/q-1;. The molecule has 2 heterocycles. The molecular formula is C51H46N3OPt-. The largest absolute Gasteiger partial charge is 0.507 e. The van der Waals surface area contributed by atoms with Crippen LogP contribution < -0.4 is 0 Å². The molecule has 8 aromatic rings. The molecule has 8 rings (SSSR count). The third-order valence-electron chi connectivity index (χ3n) is 10.5. The molecule has 5 heteroatoms. The molecule has 4 nitrogen and oxygen atoms in total. The van der Waals surface area contributed by atoms with E-state index in [9.17, 15) is 5.11 Å². The summed E-state index contributed by atoms with van der Waals surface area (Å²) < 4.78 is 2.19. The number of rotatable bonds is 6. The Morgan fingerprint density at radius 3 is 1.96 bits per heavy atom. The van der Waals surface area contributed by atoms with Gasteiger partial charge in [0, 0.05) is 38.5 Å². The zero-order valence-corrected chi connectivity index (χ0v) is 35.2. The van der Waals surface area contributed by atoms with Gasteiger partial charge in [0.05, 0.1) is 22.3 Å². The average Bonchev–Trinajstić information content (AvgIpc) is 3.57. The Bertz CT molecular complexity index is 2680. The van der Waals surface area contributed by atoms with Gasteiger partial charge in [-0.15, -0.1) is 29.3 Å². The van der Waals surface area contributed by atoms with Crippen molar-refractivity contribution in [1.29, 1.82) is 0 Å². The van der Waals surface area contributed by atoms with Gasteiger partial charge in [0.15, 0.2) is 0 Å². The van der Waals surface area contributed by atoms with Crippen LogP contribution in [0.3, 0.4) is 0 Å². The van der Waals surface area contributed by atoms with Crippen molar-refractivity contribution < 1.29 is 26.2 Å². The fourth-order valence-corrected chi connectivity index (χ4v) is 7.30. The molecule has 2 aromatic heterocycles. The fraction of sp³-hybridized carbons (Fsp3) is 0.176. The van der Waals surface area contributed by atoms with E-state index < -0.39 is 0 Å². The molecular weight excluding hydrogens is 866 g/mol. The third-order valence-corrected chi connectivity index (χ3v) is 10.5. The number of hydrogen-bond donors (Lipinski definition) is 1. The van der Waals surface area contributed by atoms with Gasteiger partial charge < -0.3 is 5.11 Å². The molecule has 0 atom stereocenters. The Kier molecular flexibility index (Phi) is 10.5. The van der Waals surface area contributed by atoms with Crippen LogP contribution in [0.4, 0.5) is 0 Å². The summed E-state index contributed by atoms with van der Waals surface area (Å²) in [6.07, 6.45) is 1.90. The molecule has 1 N–H and O–H groups in total. The molecule has 0 aliphatic heterocycles. The normalized spacial score (nSPS) is 11.8. The fourth-order valence-electron chi connectivity index (χ4n) is 7.30. The van der Waals surface area contributed by atoms with E-state index in [0.717, 1.165) is 66.9 Å². The molecule has 0 saturated heterocycles. The van der Waals surface area contributed by atoms with Crippen molar-refractivity contribution in [1.82, 2.24) is 14.5 Å². The van der Waals surface area contributed by atoms with Crippen molar-refractivity contribution in [2.24, 2.45) is 0 Å². The number of aromatic hydroxyl groups is 1. The van der Waals surface area contributed by atoms with Crippen molar-refractivity contribution in [3.8, 4) is 67.5 Å². The molecule has 6 aromatic carbocycles. The van der Waals surface area contributed by atoms with Crippen molar-refractivity contribution in [3.63, 3.8) is 0 Å². The Morgan fingerprint density at radius 2 is 1.25 bits per heavy atom. The van der Waals surface area contributed by atoms with E-state index in [2.05, 4.69) is 168 Å². The maximum Gasteiger partial charge on any atom is 0.148 e. The minimum atomic E-state index is -0.139. The number of benzene rings is 6. The summed E-state index contributed by atoms with van der Waals surface area (Å²) in [7, 11) is 0. The van der Waals surface area contributed by atoms with Crippen LogP contribution in [0.25, 0.3) is 72.7 Å². The van der Waals surface area contributed by atoms with E-state index in [-0.39, 0.29) is 37.6 Å². The number of hydrogen-bond acceptors (Lipinski definition) is 3. The molecule has 0 fully saturated rings. The quantitative estimate of drug-likeness (QED) is 0.169. The zero-order chi connectivity index (χ0) is 38.5. The van der Waals surface area contributed by atoms with Crippen LogP contribution in [0.15, 0.2) is 146 Å². The average molecular weight is 912 g/mol. The van der Waals surface area contributed by atoms with Crippen molar-refractivity contribution in [2.45, 2.75) is 59.3 Å². The second-order valence-corrected chi connectivity index (χ2v) is 16.6. The van der Waals surface area contributed by atoms with Crippen molar-refractivity contribution in [2.75, 3.05) is 0 Å². The summed E-state index contributed by atoms with van der Waals surface area (Å²) in [6.45, 7) is 15.6. The van der Waals surface area contributed by atoms with Gasteiger partial charge in [-0.05, 0) is 76.4 Å². The van der Waals surface area contributed by atoms with Crippen LogP contribution >= 0.6 is 0 Å². The maximum absolute atomic E-state index is 11.3. The number of nitrogens with zero attached hydrogens (tertiary/aromatic N) is 3. The van der Waals surface area contributed by atoms with Gasteiger partial charge in [-0.1, -0.05) is 149 Å². The van der Waals surface area contributed by atoms with Gasteiger partial charge in [0.25, 0.3) is 0 Å². The van der Waals surface area contributed by atoms with Crippen LogP contribution in [0.2, 0.25) is 0 Å². The first-order chi connectivity index (χ1) is 26.3. The summed E-state index contributed by atoms with van der Waals surface area (Å²) in [5.41, 5.74) is 15.2. The Labute approximate surface area is 345 Å². The van der Waals surface area contributed by atoms with Crippen molar-refractivity contribution >= 4 is 11.0 Å². The molecule has 0 spiro atoms. The van der Waals surface area contributed by atoms with Crippen LogP contribution in [0.1, 0.15) is 58.2 Å². The summed E-state index contributed by atoms with van der Waals surface area (Å²) in [4.78, 5) is 10.3. The minimum Gasteiger partial charge on any atom is -0.507 e. The first-order valence-electron chi connectivity index (χ1n) is 19.0. The van der Waals surface area contributed by atoms with Crippen molar-refractivity contribution in [3.05, 3.63) is 168 Å². The third kappa shape index (κ3) is 7.51. The Hall–Kier alpha value is -5.57. The van der Waals surface area contributed by atoms with Gasteiger partial charge >= 0.3 is 0 Å². The molecule has 282 valence electrons. The molecule has 0 amide bonds. The van der Waals surface area contributed by atoms with Crippen LogP contribution in [0.5, 0.6) is 5.75 Å². The van der Waals surface area contributed by atoms with Gasteiger partial charge in [-0.3, -0.25) is 9.55 Å². The number of imidazole rings is 1. The Balaban J connectivity index is 0.00000480. The van der Waals surface area contributed by atoms with E-state index >= 15 is 0 Å². The Morgan fingerprint density at radius 1 is 0.571 bits per heavy atom. The number of fused-ring (bicyclic) bond motifs is 1. The number of para-hydroxylation sites is 2. The molecule has 0 unspecified atom stereocenters. The van der Waals surface area contributed by atoms with E-state index in [1.54, 1.807) is 6.07 Å². The summed E-state index contributed by atoms with van der Waals surface area (Å²) in [5, 5.41) is 11.3. The second kappa shape index (κ2) is 15.2. The smallest absolute Gasteiger partial charge is 0.148 e. The monoisotopic (exact) mass is 911 g/mol. The predicted molar refractivity (Wildman–Crippen MR) is 229 cm³/mol. The van der Waals surface area contributed by atoms with Crippen LogP contribution in [0, 0.1) is 13.0 Å². The topological polar surface area (TPSA) is 50.9 Å². The van der Waals surface area contributed by atoms with Crippen LogP contribution in [-0.4, -0.2) is 19.6 Å². The number of pyridine rings is 1. The summed E-state index contributed by atoms with van der Waals surface area (Å²) in [6, 6.07) is 52.1. The number of phenols is 1. The molecule has 0 saturated carbocycles. The van der Waals surface area contributed by atoms with Gasteiger partial charge in [0.2, 0.25) is 0 Å². The first kappa shape index (κ1) is 38.7. The molecule has 0 bridgehead atoms. The number of aryl methyl sites for hydroxylation is 1. The predicted octanol–water partition coefficient (Wildman–Crippen LogP) is 13.2. The first-order valence-corrected chi connectivity index (χ1v) is 19.0. The van der Waals surface area contributed by atoms with E-state index in [1.165, 1.54) is 11.1 Å². The second-order valence-electron chi connectivity index (χ2n) is 16.6. The minimum absolute atomic E-state index is 0. The summed E-state index contributed by atoms with van der Waals surface area (Å²) >= 11 is 0. The van der Waals surface area contributed by atoms with Crippen LogP contribution in [-0.2, 0) is 31.9 Å². The summed E-state index contributed by atoms with van der Waals surface area (Å²) in [5.74, 6) is 0.845. The molecule has 0 aliphatic rings. The van der Waals surface area contributed by atoms with E-state index in [1.807, 2.05) is 30.5 Å². The maximum atomic E-state index is 11.3. The number of aromatic nitrogens is 3. The van der Waals surface area contributed by atoms with Gasteiger partial charge in [-0.25, -0.2) is 4.98 Å². The zero-order valence-electron chi connectivity index (χ0n) is 33.0. The molecule has 56 heavy (non-hydrogen) atoms. The SMILES string of the molecule is Cc1ccc(-n2c(-c3ccccc3O)nc3c(-c4[c-]c(-c5cc(-c6ccc(C(C)(C)C)cc6)ccn5)cc(C(C)(C)C)c4)cccc32)c(-c2ccccc2)c1.[Pt]. The van der Waals surface area contributed by atoms with E-state index in [4.69, 9.17) is 9.97 Å². The number of phenolic OH excluding ortho intramolecular Hbond substituents is 1. The van der Waals surface area contributed by atoms with Gasteiger partial charge in [-0.2, -0.15) is 0 Å². The molecule has 0 aliphatic carbocycles. The molecule has 0 radical (unpaired) electrons. The van der Waals surface area contributed by atoms with E-state index in [0.29, 0.717) is 11.4 Å². The van der Waals surface area contributed by atoms with Gasteiger partial charge in [0.1, 0.15) is 11.6 Å².